The van der Waals surface area contributed by atoms with Crippen molar-refractivity contribution in [3.05, 3.63) is 57.6 Å². The molecule has 0 radical (unpaired) electrons. The highest BCUT2D eigenvalue weighted by molar-refractivity contribution is 7.87. The minimum absolute atomic E-state index is 0.0484. The van der Waals surface area contributed by atoms with E-state index in [9.17, 15) is 18.3 Å². The maximum absolute atomic E-state index is 14.3. The third-order valence-corrected chi connectivity index (χ3v) is 12.6. The molecule has 0 heterocycles. The van der Waals surface area contributed by atoms with Crippen LogP contribution < -0.4 is 4.18 Å². The van der Waals surface area contributed by atoms with Gasteiger partial charge in [-0.3, -0.25) is 4.79 Å². The molecule has 2 aliphatic rings. The minimum Gasteiger partial charge on any atom is -0.507 e. The van der Waals surface area contributed by atoms with Gasteiger partial charge in [0.2, 0.25) is 0 Å². The summed E-state index contributed by atoms with van der Waals surface area (Å²) in [5.41, 5.74) is 2.79. The van der Waals surface area contributed by atoms with Gasteiger partial charge in [0.25, 0.3) is 0 Å². The van der Waals surface area contributed by atoms with Crippen LogP contribution in [0.5, 0.6) is 11.5 Å². The smallest absolute Gasteiger partial charge is 0.310 e. The molecule has 0 aromatic heterocycles. The third-order valence-electron chi connectivity index (χ3n) is 11.3. The summed E-state index contributed by atoms with van der Waals surface area (Å²) in [5, 5.41) is 11.9. The van der Waals surface area contributed by atoms with Crippen LogP contribution in [0.4, 0.5) is 0 Å². The largest absolute Gasteiger partial charge is 0.507 e. The van der Waals surface area contributed by atoms with Gasteiger partial charge >= 0.3 is 10.1 Å². The molecule has 2 aliphatic carbocycles. The Kier molecular flexibility index (Phi) is 8.81. The van der Waals surface area contributed by atoms with E-state index in [0.29, 0.717) is 18.6 Å². The lowest BCUT2D eigenvalue weighted by molar-refractivity contribution is -0.128. The van der Waals surface area contributed by atoms with Gasteiger partial charge in [0.05, 0.1) is 11.2 Å². The number of carbonyl (C=O) groups is 1. The molecular formula is C40H60O5S. The summed E-state index contributed by atoms with van der Waals surface area (Å²) in [6.45, 7) is 31.6. The Labute approximate surface area is 280 Å². The molecule has 6 heteroatoms. The van der Waals surface area contributed by atoms with Gasteiger partial charge in [0.1, 0.15) is 17.3 Å². The second-order valence-corrected chi connectivity index (χ2v) is 20.6. The van der Waals surface area contributed by atoms with Gasteiger partial charge in [-0.15, -0.1) is 0 Å². The summed E-state index contributed by atoms with van der Waals surface area (Å²) >= 11 is 0. The molecule has 0 spiro atoms. The van der Waals surface area contributed by atoms with Gasteiger partial charge in [-0.25, -0.2) is 0 Å². The Morgan fingerprint density at radius 3 is 1.70 bits per heavy atom. The van der Waals surface area contributed by atoms with Crippen molar-refractivity contribution in [2.45, 2.75) is 151 Å². The van der Waals surface area contributed by atoms with Crippen LogP contribution in [0.3, 0.4) is 0 Å². The van der Waals surface area contributed by atoms with E-state index in [4.69, 9.17) is 4.18 Å². The van der Waals surface area contributed by atoms with Gasteiger partial charge in [-0.2, -0.15) is 8.42 Å². The van der Waals surface area contributed by atoms with Crippen LogP contribution in [0, 0.1) is 16.7 Å². The second kappa shape index (κ2) is 11.1. The lowest BCUT2D eigenvalue weighted by atomic mass is 9.70. The number of phenolic OH excluding ortho intramolecular Hbond substituents is 1. The van der Waals surface area contributed by atoms with Crippen molar-refractivity contribution in [1.82, 2.24) is 0 Å². The quantitative estimate of drug-likeness (QED) is 0.314. The normalized spacial score (nSPS) is 22.8. The molecule has 3 atom stereocenters. The topological polar surface area (TPSA) is 80.7 Å². The van der Waals surface area contributed by atoms with Crippen molar-refractivity contribution in [1.29, 1.82) is 0 Å². The number of carbonyl (C=O) groups excluding carboxylic acids is 1. The average molecular weight is 653 g/mol. The summed E-state index contributed by atoms with van der Waals surface area (Å²) < 4.78 is 34.8. The number of hydrogen-bond donors (Lipinski definition) is 1. The first kappa shape index (κ1) is 36.5. The first-order chi connectivity index (χ1) is 20.5. The van der Waals surface area contributed by atoms with Crippen molar-refractivity contribution in [2.24, 2.45) is 16.7 Å². The molecule has 5 nitrogen and oxygen atoms in total. The molecule has 2 fully saturated rings. The Balaban J connectivity index is 1.99. The molecule has 4 rings (SSSR count). The molecule has 0 aliphatic heterocycles. The number of rotatable bonds is 6. The number of fused-ring (bicyclic) bond motifs is 2. The van der Waals surface area contributed by atoms with Crippen LogP contribution in [0.2, 0.25) is 0 Å². The second-order valence-electron chi connectivity index (χ2n) is 19.1. The van der Waals surface area contributed by atoms with Crippen molar-refractivity contribution in [3.63, 3.8) is 0 Å². The summed E-state index contributed by atoms with van der Waals surface area (Å²) in [6.07, 6.45) is 1.88. The molecule has 46 heavy (non-hydrogen) atoms. The van der Waals surface area contributed by atoms with Crippen LogP contribution in [0.1, 0.15) is 162 Å². The monoisotopic (exact) mass is 652 g/mol. The lowest BCUT2D eigenvalue weighted by Crippen LogP contribution is -2.43. The fraction of sp³-hybridized carbons (Fsp3) is 0.675. The van der Waals surface area contributed by atoms with Crippen LogP contribution in [-0.4, -0.2) is 25.1 Å². The summed E-state index contributed by atoms with van der Waals surface area (Å²) in [7, 11) is -4.19. The number of hydrogen-bond acceptors (Lipinski definition) is 5. The van der Waals surface area contributed by atoms with Crippen LogP contribution >= 0.6 is 0 Å². The zero-order valence-corrected chi connectivity index (χ0v) is 32.1. The predicted molar refractivity (Wildman–Crippen MR) is 190 cm³/mol. The Morgan fingerprint density at radius 1 is 0.804 bits per heavy atom. The van der Waals surface area contributed by atoms with Crippen molar-refractivity contribution in [2.75, 3.05) is 5.75 Å². The third kappa shape index (κ3) is 6.41. The van der Waals surface area contributed by atoms with E-state index >= 15 is 0 Å². The highest BCUT2D eigenvalue weighted by Gasteiger charge is 2.65. The van der Waals surface area contributed by atoms with Crippen LogP contribution in [0.15, 0.2) is 24.3 Å². The van der Waals surface area contributed by atoms with Gasteiger partial charge < -0.3 is 9.29 Å². The van der Waals surface area contributed by atoms with Gasteiger partial charge in [0.15, 0.2) is 0 Å². The fourth-order valence-corrected chi connectivity index (χ4v) is 9.56. The molecule has 2 aromatic carbocycles. The molecule has 0 saturated heterocycles. The molecule has 2 aromatic rings. The van der Waals surface area contributed by atoms with E-state index in [-0.39, 0.29) is 39.4 Å². The van der Waals surface area contributed by atoms with E-state index in [1.807, 2.05) is 6.92 Å². The Bertz CT molecular complexity index is 1630. The first-order valence-corrected chi connectivity index (χ1v) is 18.6. The van der Waals surface area contributed by atoms with Gasteiger partial charge in [0, 0.05) is 29.0 Å². The molecule has 2 saturated carbocycles. The molecule has 0 amide bonds. The first-order valence-electron chi connectivity index (χ1n) is 17.1. The minimum atomic E-state index is -4.19. The van der Waals surface area contributed by atoms with E-state index in [1.165, 1.54) is 0 Å². The zero-order chi connectivity index (χ0) is 35.2. The lowest BCUT2D eigenvalue weighted by Gasteiger charge is -2.36. The van der Waals surface area contributed by atoms with Crippen LogP contribution in [-0.2, 0) is 36.6 Å². The van der Waals surface area contributed by atoms with Crippen LogP contribution in [0.25, 0.3) is 0 Å². The van der Waals surface area contributed by atoms with E-state index < -0.39 is 32.3 Å². The maximum atomic E-state index is 14.3. The number of ketones is 1. The number of Topliss-reactive ketones (excluding diaryl/α,β-unsaturated/α-hetero) is 1. The Morgan fingerprint density at radius 2 is 1.28 bits per heavy atom. The van der Waals surface area contributed by atoms with Gasteiger partial charge in [-0.1, -0.05) is 128 Å². The molecular weight excluding hydrogens is 593 g/mol. The molecule has 256 valence electrons. The zero-order valence-electron chi connectivity index (χ0n) is 31.3. The predicted octanol–water partition coefficient (Wildman–Crippen LogP) is 9.84. The molecule has 0 unspecified atom stereocenters. The fourth-order valence-electron chi connectivity index (χ4n) is 7.78. The average Bonchev–Trinajstić information content (AvgIpc) is 3.19. The number of phenols is 1. The summed E-state index contributed by atoms with van der Waals surface area (Å²) in [5.74, 6) is 0.0918. The highest BCUT2D eigenvalue weighted by atomic mass is 32.2. The number of aromatic hydroxyl groups is 1. The molecule has 1 N–H and O–H groups in total. The van der Waals surface area contributed by atoms with E-state index in [1.54, 1.807) is 0 Å². The van der Waals surface area contributed by atoms with Gasteiger partial charge in [-0.05, 0) is 62.5 Å². The summed E-state index contributed by atoms with van der Waals surface area (Å²) in [6, 6.07) is 8.33. The standard InChI is InChI=1S/C40H60O5S/c1-24(28-18-26(35(2,3)4)20-30(33(28)42)37(8,9)10)29-19-27(36(5,6)7)21-31(38(11,12)13)34(29)45-46(43,44)23-40-17-16-25(22-32(40)41)39(40,14)15/h18-21,24-25,42H,16-17,22-23H2,1-15H3/t24-,25-,40-/m1/s1. The van der Waals surface area contributed by atoms with Crippen molar-refractivity contribution >= 4 is 15.9 Å². The Hall–Kier alpha value is -2.34. The maximum Gasteiger partial charge on any atom is 0.310 e. The SMILES string of the molecule is C[C@H](c1cc(C(C)(C)C)cc(C(C)(C)C)c1O)c1cc(C(C)(C)C)cc(C(C)(C)C)c1OS(=O)(=O)C[C@]12CC[C@H](CC1=O)C2(C)C. The van der Waals surface area contributed by atoms with Crippen molar-refractivity contribution in [3.8, 4) is 11.5 Å². The molecule has 2 bridgehead atoms. The summed E-state index contributed by atoms with van der Waals surface area (Å²) in [4.78, 5) is 13.4. The highest BCUT2D eigenvalue weighted by Crippen LogP contribution is 2.64. The van der Waals surface area contributed by atoms with E-state index in [2.05, 4.69) is 121 Å². The van der Waals surface area contributed by atoms with Crippen molar-refractivity contribution < 1.29 is 22.5 Å². The number of benzene rings is 2. The van der Waals surface area contributed by atoms with E-state index in [0.717, 1.165) is 39.8 Å².